The minimum absolute atomic E-state index is 0.00271. The zero-order valence-corrected chi connectivity index (χ0v) is 16.6. The van der Waals surface area contributed by atoms with Crippen LogP contribution in [0.25, 0.3) is 0 Å². The maximum atomic E-state index is 12.6. The van der Waals surface area contributed by atoms with Crippen LogP contribution in [-0.4, -0.2) is 38.3 Å². The molecule has 0 spiro atoms. The van der Waals surface area contributed by atoms with Crippen LogP contribution in [0.5, 0.6) is 0 Å². The summed E-state index contributed by atoms with van der Waals surface area (Å²) in [6.07, 6.45) is 5.64. The van der Waals surface area contributed by atoms with Gasteiger partial charge in [0.2, 0.25) is 21.8 Å². The fraction of sp³-hybridized carbons (Fsp3) is 0.350. The lowest BCUT2D eigenvalue weighted by molar-refractivity contribution is -0.119. The number of fused-ring (bicyclic) bond motifs is 1. The van der Waals surface area contributed by atoms with Crippen molar-refractivity contribution in [2.75, 3.05) is 23.3 Å². The maximum absolute atomic E-state index is 12.6. The van der Waals surface area contributed by atoms with Crippen molar-refractivity contribution in [3.8, 4) is 0 Å². The van der Waals surface area contributed by atoms with E-state index < -0.39 is 10.0 Å². The molecule has 152 valence electrons. The molecule has 2 N–H and O–H groups in total. The Balaban J connectivity index is 1.35. The lowest BCUT2D eigenvalue weighted by Crippen LogP contribution is -2.30. The summed E-state index contributed by atoms with van der Waals surface area (Å²) >= 11 is 0. The number of pyridine rings is 1. The number of carbonyl (C=O) groups is 2. The summed E-state index contributed by atoms with van der Waals surface area (Å²) < 4.78 is 27.6. The molecule has 4 rings (SSSR count). The normalized spacial score (nSPS) is 15.8. The first-order valence-corrected chi connectivity index (χ1v) is 11.1. The van der Waals surface area contributed by atoms with Crippen LogP contribution in [0.2, 0.25) is 0 Å². The number of carbonyl (C=O) groups excluding carboxylic acids is 2. The van der Waals surface area contributed by atoms with E-state index in [-0.39, 0.29) is 35.6 Å². The average molecular weight is 414 g/mol. The standard InChI is InChI=1S/C20H22N4O4S/c25-19(23-16-2-1-9-21-13-16)7-10-22-29(27,28)17-5-6-18-15(12-17)8-11-24(18)20(26)14-3-4-14/h1-2,5-6,9,12-14,22H,3-4,7-8,10-11H2,(H,23,25). The fourth-order valence-electron chi connectivity index (χ4n) is 3.37. The average Bonchev–Trinajstić information content (AvgIpc) is 3.47. The summed E-state index contributed by atoms with van der Waals surface area (Å²) in [6, 6.07) is 8.23. The zero-order chi connectivity index (χ0) is 20.4. The van der Waals surface area contributed by atoms with Crippen molar-refractivity contribution in [3.05, 3.63) is 48.3 Å². The lowest BCUT2D eigenvalue weighted by atomic mass is 10.2. The van der Waals surface area contributed by atoms with E-state index in [4.69, 9.17) is 0 Å². The molecule has 29 heavy (non-hydrogen) atoms. The zero-order valence-electron chi connectivity index (χ0n) is 15.8. The predicted octanol–water partition coefficient (Wildman–Crippen LogP) is 1.69. The van der Waals surface area contributed by atoms with Gasteiger partial charge >= 0.3 is 0 Å². The number of amides is 2. The molecule has 1 aliphatic carbocycles. The van der Waals surface area contributed by atoms with E-state index in [1.165, 1.54) is 12.3 Å². The molecule has 0 radical (unpaired) electrons. The van der Waals surface area contributed by atoms with Crippen LogP contribution in [0.3, 0.4) is 0 Å². The van der Waals surface area contributed by atoms with E-state index in [0.29, 0.717) is 18.7 Å². The van der Waals surface area contributed by atoms with Crippen LogP contribution in [0.1, 0.15) is 24.8 Å². The van der Waals surface area contributed by atoms with E-state index in [0.717, 1.165) is 24.1 Å². The molecule has 2 aliphatic rings. The second-order valence-corrected chi connectivity index (χ2v) is 9.01. The van der Waals surface area contributed by atoms with Crippen molar-refractivity contribution in [3.63, 3.8) is 0 Å². The Morgan fingerprint density at radius 3 is 2.76 bits per heavy atom. The molecule has 0 bridgehead atoms. The fourth-order valence-corrected chi connectivity index (χ4v) is 4.45. The molecule has 2 heterocycles. The van der Waals surface area contributed by atoms with Crippen LogP contribution < -0.4 is 14.9 Å². The van der Waals surface area contributed by atoms with E-state index in [1.54, 1.807) is 35.4 Å². The monoisotopic (exact) mass is 414 g/mol. The Morgan fingerprint density at radius 2 is 2.03 bits per heavy atom. The van der Waals surface area contributed by atoms with Gasteiger partial charge in [0.05, 0.1) is 16.8 Å². The van der Waals surface area contributed by atoms with Gasteiger partial charge in [0.25, 0.3) is 0 Å². The van der Waals surface area contributed by atoms with Gasteiger partial charge in [0, 0.05) is 37.3 Å². The van der Waals surface area contributed by atoms with Gasteiger partial charge in [-0.15, -0.1) is 0 Å². The summed E-state index contributed by atoms with van der Waals surface area (Å²) in [4.78, 5) is 30.1. The second-order valence-electron chi connectivity index (χ2n) is 7.24. The highest BCUT2D eigenvalue weighted by Gasteiger charge is 2.36. The molecule has 2 aromatic rings. The lowest BCUT2D eigenvalue weighted by Gasteiger charge is -2.17. The van der Waals surface area contributed by atoms with Crippen LogP contribution >= 0.6 is 0 Å². The van der Waals surface area contributed by atoms with Gasteiger partial charge in [0.1, 0.15) is 0 Å². The van der Waals surface area contributed by atoms with Crippen molar-refractivity contribution >= 4 is 33.2 Å². The molecule has 8 nitrogen and oxygen atoms in total. The summed E-state index contributed by atoms with van der Waals surface area (Å²) in [5.74, 6) is -0.0372. The number of aromatic nitrogens is 1. The van der Waals surface area contributed by atoms with E-state index in [9.17, 15) is 18.0 Å². The summed E-state index contributed by atoms with van der Waals surface area (Å²) in [7, 11) is -3.74. The highest BCUT2D eigenvalue weighted by Crippen LogP contribution is 2.37. The minimum atomic E-state index is -3.74. The van der Waals surface area contributed by atoms with Crippen molar-refractivity contribution in [2.24, 2.45) is 5.92 Å². The number of sulfonamides is 1. The Bertz CT molecular complexity index is 1040. The van der Waals surface area contributed by atoms with Crippen molar-refractivity contribution in [2.45, 2.75) is 30.6 Å². The molecule has 0 unspecified atom stereocenters. The van der Waals surface area contributed by atoms with Gasteiger partial charge in [-0.05, 0) is 55.2 Å². The minimum Gasteiger partial charge on any atom is -0.325 e. The molecule has 1 aliphatic heterocycles. The molecule has 1 fully saturated rings. The van der Waals surface area contributed by atoms with Crippen LogP contribution in [-0.2, 0) is 26.0 Å². The number of hydrogen-bond donors (Lipinski definition) is 2. The third-order valence-corrected chi connectivity index (χ3v) is 6.50. The third-order valence-electron chi connectivity index (χ3n) is 5.04. The largest absolute Gasteiger partial charge is 0.325 e. The molecule has 0 saturated heterocycles. The summed E-state index contributed by atoms with van der Waals surface area (Å²) in [6.45, 7) is 0.577. The van der Waals surface area contributed by atoms with Crippen LogP contribution in [0.4, 0.5) is 11.4 Å². The SMILES string of the molecule is O=C(CCNS(=O)(=O)c1ccc2c(c1)CCN2C(=O)C1CC1)Nc1cccnc1. The Kier molecular flexibility index (Phi) is 5.33. The maximum Gasteiger partial charge on any atom is 0.240 e. The van der Waals surface area contributed by atoms with Gasteiger partial charge in [-0.2, -0.15) is 0 Å². The molecule has 9 heteroatoms. The molecular formula is C20H22N4O4S. The Hall–Kier alpha value is -2.78. The first kappa shape index (κ1) is 19.5. The highest BCUT2D eigenvalue weighted by atomic mass is 32.2. The van der Waals surface area contributed by atoms with Gasteiger partial charge in [0.15, 0.2) is 0 Å². The van der Waals surface area contributed by atoms with E-state index in [1.807, 2.05) is 0 Å². The number of benzene rings is 1. The summed E-state index contributed by atoms with van der Waals surface area (Å²) in [5, 5.41) is 2.66. The molecular weight excluding hydrogens is 392 g/mol. The third kappa shape index (κ3) is 4.46. The quantitative estimate of drug-likeness (QED) is 0.717. The van der Waals surface area contributed by atoms with E-state index in [2.05, 4.69) is 15.0 Å². The molecule has 1 saturated carbocycles. The van der Waals surface area contributed by atoms with Gasteiger partial charge in [-0.25, -0.2) is 13.1 Å². The van der Waals surface area contributed by atoms with E-state index >= 15 is 0 Å². The molecule has 1 aromatic heterocycles. The van der Waals surface area contributed by atoms with Gasteiger partial charge < -0.3 is 10.2 Å². The van der Waals surface area contributed by atoms with Gasteiger partial charge in [-0.3, -0.25) is 14.6 Å². The van der Waals surface area contributed by atoms with Crippen molar-refractivity contribution in [1.82, 2.24) is 9.71 Å². The number of rotatable bonds is 7. The Morgan fingerprint density at radius 1 is 1.21 bits per heavy atom. The smallest absolute Gasteiger partial charge is 0.240 e. The van der Waals surface area contributed by atoms with Crippen LogP contribution in [0.15, 0.2) is 47.6 Å². The molecule has 0 atom stereocenters. The van der Waals surface area contributed by atoms with Crippen molar-refractivity contribution in [1.29, 1.82) is 0 Å². The second kappa shape index (κ2) is 7.92. The summed E-state index contributed by atoms with van der Waals surface area (Å²) in [5.41, 5.74) is 2.22. The molecule has 2 amide bonds. The Labute approximate surface area is 169 Å². The molecule has 1 aromatic carbocycles. The number of anilines is 2. The van der Waals surface area contributed by atoms with Crippen molar-refractivity contribution < 1.29 is 18.0 Å². The highest BCUT2D eigenvalue weighted by molar-refractivity contribution is 7.89. The number of nitrogens with one attached hydrogen (secondary N) is 2. The number of nitrogens with zero attached hydrogens (tertiary/aromatic N) is 2. The first-order chi connectivity index (χ1) is 13.9. The van der Waals surface area contributed by atoms with Crippen LogP contribution in [0, 0.1) is 5.92 Å². The topological polar surface area (TPSA) is 108 Å². The first-order valence-electron chi connectivity index (χ1n) is 9.58. The van der Waals surface area contributed by atoms with Gasteiger partial charge in [-0.1, -0.05) is 0 Å². The predicted molar refractivity (Wildman–Crippen MR) is 108 cm³/mol. The number of hydrogen-bond acceptors (Lipinski definition) is 5.